The van der Waals surface area contributed by atoms with Crippen LogP contribution in [0.1, 0.15) is 10.4 Å². The lowest BCUT2D eigenvalue weighted by atomic mass is 9.98. The van der Waals surface area contributed by atoms with Crippen molar-refractivity contribution in [3.05, 3.63) is 60.3 Å². The number of aldehydes is 1. The first-order valence-electron chi connectivity index (χ1n) is 6.63. The van der Waals surface area contributed by atoms with Crippen LogP contribution in [0.2, 0.25) is 0 Å². The number of hydrogen-bond donors (Lipinski definition) is 0. The summed E-state index contributed by atoms with van der Waals surface area (Å²) in [4.78, 5) is 11.4. The van der Waals surface area contributed by atoms with Gasteiger partial charge in [0.25, 0.3) is 0 Å². The van der Waals surface area contributed by atoms with Gasteiger partial charge in [-0.2, -0.15) is 0 Å². The smallest absolute Gasteiger partial charge is 0.150 e. The van der Waals surface area contributed by atoms with Crippen LogP contribution >= 0.6 is 0 Å². The SMILES string of the molecule is Cn1ccc2cc(C=O)c3cc4ccccc4cc3c21. The van der Waals surface area contributed by atoms with E-state index >= 15 is 0 Å². The third kappa shape index (κ3) is 1.42. The summed E-state index contributed by atoms with van der Waals surface area (Å²) in [7, 11) is 2.04. The Labute approximate surface area is 116 Å². The van der Waals surface area contributed by atoms with Gasteiger partial charge < -0.3 is 4.57 Å². The number of benzene rings is 3. The highest BCUT2D eigenvalue weighted by molar-refractivity contribution is 6.16. The van der Waals surface area contributed by atoms with Crippen molar-refractivity contribution in [3.8, 4) is 0 Å². The molecule has 2 heteroatoms. The van der Waals surface area contributed by atoms with E-state index in [2.05, 4.69) is 34.9 Å². The van der Waals surface area contributed by atoms with E-state index in [0.717, 1.165) is 33.4 Å². The summed E-state index contributed by atoms with van der Waals surface area (Å²) in [5.74, 6) is 0. The van der Waals surface area contributed by atoms with Crippen molar-refractivity contribution in [2.75, 3.05) is 0 Å². The summed E-state index contributed by atoms with van der Waals surface area (Å²) in [5.41, 5.74) is 1.93. The Morgan fingerprint density at radius 1 is 0.900 bits per heavy atom. The molecule has 0 aliphatic carbocycles. The average Bonchev–Trinajstić information content (AvgIpc) is 2.86. The van der Waals surface area contributed by atoms with Crippen molar-refractivity contribution in [3.63, 3.8) is 0 Å². The van der Waals surface area contributed by atoms with Crippen molar-refractivity contribution in [2.24, 2.45) is 7.05 Å². The van der Waals surface area contributed by atoms with Crippen LogP contribution in [0.15, 0.2) is 54.7 Å². The highest BCUT2D eigenvalue weighted by atomic mass is 16.1. The fraction of sp³-hybridized carbons (Fsp3) is 0.0556. The monoisotopic (exact) mass is 259 g/mol. The van der Waals surface area contributed by atoms with E-state index in [1.165, 1.54) is 10.9 Å². The van der Waals surface area contributed by atoms with Crippen molar-refractivity contribution >= 4 is 38.7 Å². The zero-order chi connectivity index (χ0) is 13.7. The molecule has 0 saturated carbocycles. The zero-order valence-corrected chi connectivity index (χ0v) is 11.1. The number of carbonyl (C=O) groups excluding carboxylic acids is 1. The Kier molecular flexibility index (Phi) is 2.21. The van der Waals surface area contributed by atoms with Gasteiger partial charge in [-0.25, -0.2) is 0 Å². The molecular formula is C18H13NO. The van der Waals surface area contributed by atoms with Gasteiger partial charge in [0.15, 0.2) is 6.29 Å². The topological polar surface area (TPSA) is 22.0 Å². The molecule has 0 aliphatic heterocycles. The van der Waals surface area contributed by atoms with E-state index in [-0.39, 0.29) is 0 Å². The van der Waals surface area contributed by atoms with Crippen molar-refractivity contribution in [1.29, 1.82) is 0 Å². The predicted molar refractivity (Wildman–Crippen MR) is 83.3 cm³/mol. The number of aromatic nitrogens is 1. The lowest BCUT2D eigenvalue weighted by Crippen LogP contribution is -1.90. The molecule has 0 aliphatic rings. The van der Waals surface area contributed by atoms with Crippen LogP contribution in [0.4, 0.5) is 0 Å². The highest BCUT2D eigenvalue weighted by Gasteiger charge is 2.10. The molecule has 0 bridgehead atoms. The van der Waals surface area contributed by atoms with Gasteiger partial charge in [-0.3, -0.25) is 4.79 Å². The molecule has 1 aromatic heterocycles. The summed E-state index contributed by atoms with van der Waals surface area (Å²) in [5, 5.41) is 5.63. The largest absolute Gasteiger partial charge is 0.350 e. The minimum atomic E-state index is 0.754. The molecule has 0 unspecified atom stereocenters. The lowest BCUT2D eigenvalue weighted by molar-refractivity contribution is 0.112. The molecule has 0 fully saturated rings. The second kappa shape index (κ2) is 3.94. The minimum absolute atomic E-state index is 0.754. The fourth-order valence-electron chi connectivity index (χ4n) is 3.03. The molecule has 0 atom stereocenters. The maximum absolute atomic E-state index is 11.4. The van der Waals surface area contributed by atoms with Crippen molar-refractivity contribution in [2.45, 2.75) is 0 Å². The molecule has 1 heterocycles. The van der Waals surface area contributed by atoms with Gasteiger partial charge in [0.2, 0.25) is 0 Å². The van der Waals surface area contributed by atoms with Gasteiger partial charge in [0.05, 0.1) is 5.52 Å². The molecule has 0 N–H and O–H groups in total. The van der Waals surface area contributed by atoms with Crippen molar-refractivity contribution in [1.82, 2.24) is 4.57 Å². The molecule has 4 rings (SSSR count). The molecule has 4 aromatic rings. The maximum atomic E-state index is 11.4. The first-order valence-corrected chi connectivity index (χ1v) is 6.63. The second-order valence-corrected chi connectivity index (χ2v) is 5.19. The molecule has 0 spiro atoms. The van der Waals surface area contributed by atoms with E-state index in [9.17, 15) is 4.79 Å². The van der Waals surface area contributed by atoms with E-state index in [4.69, 9.17) is 0 Å². The van der Waals surface area contributed by atoms with Crippen LogP contribution in [0.25, 0.3) is 32.4 Å². The Hall–Kier alpha value is -2.61. The summed E-state index contributed by atoms with van der Waals surface area (Å²) < 4.78 is 2.11. The highest BCUT2D eigenvalue weighted by Crippen LogP contribution is 2.31. The zero-order valence-electron chi connectivity index (χ0n) is 11.1. The Balaban J connectivity index is 2.33. The molecule has 20 heavy (non-hydrogen) atoms. The average molecular weight is 259 g/mol. The van der Waals surface area contributed by atoms with Crippen LogP contribution in [0.5, 0.6) is 0 Å². The molecule has 2 nitrogen and oxygen atoms in total. The molecular weight excluding hydrogens is 246 g/mol. The Morgan fingerprint density at radius 2 is 1.60 bits per heavy atom. The molecule has 0 radical (unpaired) electrons. The summed E-state index contributed by atoms with van der Waals surface area (Å²) in [6.07, 6.45) is 2.98. The third-order valence-electron chi connectivity index (χ3n) is 3.99. The second-order valence-electron chi connectivity index (χ2n) is 5.19. The number of nitrogens with zero attached hydrogens (tertiary/aromatic N) is 1. The normalized spacial score (nSPS) is 11.4. The lowest BCUT2D eigenvalue weighted by Gasteiger charge is -2.08. The molecule has 0 saturated heterocycles. The van der Waals surface area contributed by atoms with Crippen LogP contribution in [0, 0.1) is 0 Å². The number of fused-ring (bicyclic) bond motifs is 4. The summed E-state index contributed by atoms with van der Waals surface area (Å²) in [6.45, 7) is 0. The Morgan fingerprint density at radius 3 is 2.30 bits per heavy atom. The summed E-state index contributed by atoms with van der Waals surface area (Å²) >= 11 is 0. The first kappa shape index (κ1) is 11.2. The maximum Gasteiger partial charge on any atom is 0.150 e. The standard InChI is InChI=1S/C18H13NO/c1-19-7-6-14-8-15(11-20)16-9-12-4-2-3-5-13(12)10-17(16)18(14)19/h2-11H,1H3. The van der Waals surface area contributed by atoms with E-state index < -0.39 is 0 Å². The predicted octanol–water partition coefficient (Wildman–Crippen LogP) is 4.30. The molecule has 0 amide bonds. The van der Waals surface area contributed by atoms with Gasteiger partial charge >= 0.3 is 0 Å². The fourth-order valence-corrected chi connectivity index (χ4v) is 3.03. The molecule has 3 aromatic carbocycles. The number of hydrogen-bond acceptors (Lipinski definition) is 1. The third-order valence-corrected chi connectivity index (χ3v) is 3.99. The van der Waals surface area contributed by atoms with Gasteiger partial charge in [-0.15, -0.1) is 0 Å². The van der Waals surface area contributed by atoms with Crippen LogP contribution in [0.3, 0.4) is 0 Å². The van der Waals surface area contributed by atoms with E-state index in [0.29, 0.717) is 0 Å². The van der Waals surface area contributed by atoms with Crippen LogP contribution in [-0.4, -0.2) is 10.9 Å². The van der Waals surface area contributed by atoms with Gasteiger partial charge in [0.1, 0.15) is 0 Å². The Bertz CT molecular complexity index is 979. The number of aryl methyl sites for hydroxylation is 1. The number of carbonyl (C=O) groups is 1. The molecule has 96 valence electrons. The van der Waals surface area contributed by atoms with Gasteiger partial charge in [-0.05, 0) is 40.4 Å². The van der Waals surface area contributed by atoms with Gasteiger partial charge in [0, 0.05) is 29.6 Å². The minimum Gasteiger partial charge on any atom is -0.350 e. The number of rotatable bonds is 1. The van der Waals surface area contributed by atoms with Gasteiger partial charge in [-0.1, -0.05) is 24.3 Å². The first-order chi connectivity index (χ1) is 9.78. The van der Waals surface area contributed by atoms with E-state index in [1.807, 2.05) is 31.4 Å². The van der Waals surface area contributed by atoms with Crippen LogP contribution < -0.4 is 0 Å². The van der Waals surface area contributed by atoms with Crippen molar-refractivity contribution < 1.29 is 4.79 Å². The summed E-state index contributed by atoms with van der Waals surface area (Å²) in [6, 6.07) is 16.6. The van der Waals surface area contributed by atoms with Crippen LogP contribution in [-0.2, 0) is 7.05 Å². The van der Waals surface area contributed by atoms with E-state index in [1.54, 1.807) is 0 Å². The quantitative estimate of drug-likeness (QED) is 0.369.